The topological polar surface area (TPSA) is 63.3 Å². The van der Waals surface area contributed by atoms with Crippen LogP contribution in [0.4, 0.5) is 0 Å². The summed E-state index contributed by atoms with van der Waals surface area (Å²) in [6.45, 7) is 5.62. The minimum absolute atomic E-state index is 0.0151. The van der Waals surface area contributed by atoms with Crippen molar-refractivity contribution in [1.29, 1.82) is 0 Å². The van der Waals surface area contributed by atoms with Crippen molar-refractivity contribution in [2.24, 2.45) is 0 Å². The molecule has 0 fully saturated rings. The highest BCUT2D eigenvalue weighted by Crippen LogP contribution is 2.31. The highest BCUT2D eigenvalue weighted by molar-refractivity contribution is 7.15. The third-order valence-electron chi connectivity index (χ3n) is 2.38. The maximum atomic E-state index is 10.8. The first kappa shape index (κ1) is 10.9. The molecule has 0 bridgehead atoms. The Kier molecular flexibility index (Phi) is 2.55. The molecule has 0 aliphatic carbocycles. The molecule has 0 spiro atoms. The number of nitrogens with zero attached hydrogens (tertiary/aromatic N) is 1. The van der Waals surface area contributed by atoms with Crippen LogP contribution >= 0.6 is 11.3 Å². The molecule has 16 heavy (non-hydrogen) atoms. The quantitative estimate of drug-likeness (QED) is 0.872. The van der Waals surface area contributed by atoms with Crippen LogP contribution in [0, 0.1) is 20.8 Å². The van der Waals surface area contributed by atoms with Crippen molar-refractivity contribution >= 4 is 17.3 Å². The maximum absolute atomic E-state index is 10.8. The van der Waals surface area contributed by atoms with E-state index in [0.717, 1.165) is 10.4 Å². The molecule has 0 radical (unpaired) electrons. The Bertz CT molecular complexity index is 534. The summed E-state index contributed by atoms with van der Waals surface area (Å²) in [7, 11) is 0. The van der Waals surface area contributed by atoms with Crippen molar-refractivity contribution in [2.45, 2.75) is 20.8 Å². The van der Waals surface area contributed by atoms with Crippen LogP contribution in [0.25, 0.3) is 10.8 Å². The normalized spacial score (nSPS) is 10.7. The van der Waals surface area contributed by atoms with Gasteiger partial charge in [0.25, 0.3) is 0 Å². The van der Waals surface area contributed by atoms with E-state index in [9.17, 15) is 4.79 Å². The van der Waals surface area contributed by atoms with E-state index in [2.05, 4.69) is 4.98 Å². The third-order valence-corrected chi connectivity index (χ3v) is 3.52. The number of aryl methyl sites for hydroxylation is 3. The smallest absolute Gasteiger partial charge is 0.358 e. The number of rotatable bonds is 2. The van der Waals surface area contributed by atoms with E-state index in [1.807, 2.05) is 19.9 Å². The average molecular weight is 237 g/mol. The largest absolute Gasteiger partial charge is 0.476 e. The molecule has 0 aromatic carbocycles. The fourth-order valence-electron chi connectivity index (χ4n) is 1.38. The van der Waals surface area contributed by atoms with Crippen molar-refractivity contribution in [1.82, 2.24) is 4.98 Å². The summed E-state index contributed by atoms with van der Waals surface area (Å²) >= 11 is 1.55. The molecular formula is C11H11NO3S. The van der Waals surface area contributed by atoms with Gasteiger partial charge in [-0.05, 0) is 32.4 Å². The molecule has 84 valence electrons. The number of aromatic nitrogens is 1. The fourth-order valence-corrected chi connectivity index (χ4v) is 2.34. The van der Waals surface area contributed by atoms with Gasteiger partial charge in [-0.25, -0.2) is 9.78 Å². The SMILES string of the molecule is Cc1cc(-c2nc(C(=O)O)c(C)o2)sc1C. The standard InChI is InChI=1S/C11H11NO3S/c1-5-4-8(16-7(5)3)10-12-9(11(13)14)6(2)15-10/h4H,1-3H3,(H,13,14). The molecule has 2 heterocycles. The van der Waals surface area contributed by atoms with E-state index in [-0.39, 0.29) is 5.69 Å². The predicted molar refractivity (Wildman–Crippen MR) is 61.0 cm³/mol. The van der Waals surface area contributed by atoms with Crippen LogP contribution in [-0.2, 0) is 0 Å². The number of oxazole rings is 1. The molecule has 2 aromatic rings. The van der Waals surface area contributed by atoms with Gasteiger partial charge in [-0.3, -0.25) is 0 Å². The van der Waals surface area contributed by atoms with Crippen LogP contribution in [0.5, 0.6) is 0 Å². The molecule has 2 aromatic heterocycles. The lowest BCUT2D eigenvalue weighted by Gasteiger charge is -1.85. The summed E-state index contributed by atoms with van der Waals surface area (Å²) in [5, 5.41) is 8.87. The zero-order chi connectivity index (χ0) is 11.9. The highest BCUT2D eigenvalue weighted by Gasteiger charge is 2.18. The Hall–Kier alpha value is -1.62. The number of aromatic carboxylic acids is 1. The van der Waals surface area contributed by atoms with Gasteiger partial charge in [-0.15, -0.1) is 11.3 Å². The Balaban J connectivity index is 2.49. The first-order valence-corrected chi connectivity index (χ1v) is 5.59. The average Bonchev–Trinajstić information content (AvgIpc) is 2.71. The number of hydrogen-bond donors (Lipinski definition) is 1. The van der Waals surface area contributed by atoms with Crippen LogP contribution in [0.15, 0.2) is 10.5 Å². The lowest BCUT2D eigenvalue weighted by atomic mass is 10.3. The van der Waals surface area contributed by atoms with Gasteiger partial charge in [-0.1, -0.05) is 0 Å². The van der Waals surface area contributed by atoms with Gasteiger partial charge >= 0.3 is 5.97 Å². The van der Waals surface area contributed by atoms with Crippen molar-refractivity contribution in [3.05, 3.63) is 28.0 Å². The molecule has 0 atom stereocenters. The van der Waals surface area contributed by atoms with E-state index in [1.54, 1.807) is 18.3 Å². The lowest BCUT2D eigenvalue weighted by Crippen LogP contribution is -1.98. The predicted octanol–water partition coefficient (Wildman–Crippen LogP) is 3.03. The Morgan fingerprint density at radius 1 is 1.44 bits per heavy atom. The van der Waals surface area contributed by atoms with Crippen molar-refractivity contribution in [3.63, 3.8) is 0 Å². The first-order chi connectivity index (χ1) is 7.49. The molecule has 1 N–H and O–H groups in total. The van der Waals surface area contributed by atoms with E-state index < -0.39 is 5.97 Å². The van der Waals surface area contributed by atoms with Gasteiger partial charge in [0.2, 0.25) is 5.89 Å². The van der Waals surface area contributed by atoms with Gasteiger partial charge in [0, 0.05) is 4.88 Å². The highest BCUT2D eigenvalue weighted by atomic mass is 32.1. The van der Waals surface area contributed by atoms with E-state index in [0.29, 0.717) is 11.7 Å². The number of carboxylic acids is 1. The maximum Gasteiger partial charge on any atom is 0.358 e. The second-order valence-corrected chi connectivity index (χ2v) is 4.84. The number of thiophene rings is 1. The van der Waals surface area contributed by atoms with Crippen molar-refractivity contribution < 1.29 is 14.3 Å². The van der Waals surface area contributed by atoms with E-state index >= 15 is 0 Å². The summed E-state index contributed by atoms with van der Waals surface area (Å²) in [4.78, 5) is 16.8. The van der Waals surface area contributed by atoms with Crippen LogP contribution in [0.2, 0.25) is 0 Å². The van der Waals surface area contributed by atoms with Gasteiger partial charge in [-0.2, -0.15) is 0 Å². The Morgan fingerprint density at radius 3 is 2.56 bits per heavy atom. The zero-order valence-corrected chi connectivity index (χ0v) is 10.0. The van der Waals surface area contributed by atoms with Crippen LogP contribution < -0.4 is 0 Å². The molecule has 2 rings (SSSR count). The second kappa shape index (κ2) is 3.75. The molecule has 0 amide bonds. The molecule has 4 nitrogen and oxygen atoms in total. The minimum atomic E-state index is -1.06. The number of carboxylic acid groups (broad SMARTS) is 1. The molecule has 0 unspecified atom stereocenters. The molecule has 0 aliphatic heterocycles. The lowest BCUT2D eigenvalue weighted by molar-refractivity contribution is 0.0689. The van der Waals surface area contributed by atoms with Crippen LogP contribution in [0.1, 0.15) is 26.7 Å². The molecule has 0 aliphatic rings. The minimum Gasteiger partial charge on any atom is -0.476 e. The third kappa shape index (κ3) is 1.74. The Labute approximate surface area is 96.6 Å². The summed E-state index contributed by atoms with van der Waals surface area (Å²) in [6, 6.07) is 1.96. The summed E-state index contributed by atoms with van der Waals surface area (Å²) in [6.07, 6.45) is 0. The van der Waals surface area contributed by atoms with Crippen molar-refractivity contribution in [3.8, 4) is 10.8 Å². The summed E-state index contributed by atoms with van der Waals surface area (Å²) < 4.78 is 5.35. The number of hydrogen-bond acceptors (Lipinski definition) is 4. The van der Waals surface area contributed by atoms with E-state index in [4.69, 9.17) is 9.52 Å². The monoisotopic (exact) mass is 237 g/mol. The molecule has 5 heteroatoms. The van der Waals surface area contributed by atoms with E-state index in [1.165, 1.54) is 4.88 Å². The summed E-state index contributed by atoms with van der Waals surface area (Å²) in [5.41, 5.74) is 1.14. The molecular weight excluding hydrogens is 226 g/mol. The number of carbonyl (C=O) groups is 1. The van der Waals surface area contributed by atoms with Gasteiger partial charge in [0.05, 0.1) is 4.88 Å². The molecule has 0 saturated heterocycles. The zero-order valence-electron chi connectivity index (χ0n) is 9.20. The molecule has 0 saturated carbocycles. The van der Waals surface area contributed by atoms with Gasteiger partial charge < -0.3 is 9.52 Å². The Morgan fingerprint density at radius 2 is 2.12 bits per heavy atom. The van der Waals surface area contributed by atoms with Crippen LogP contribution in [0.3, 0.4) is 0 Å². The fraction of sp³-hybridized carbons (Fsp3) is 0.273. The van der Waals surface area contributed by atoms with Crippen molar-refractivity contribution in [2.75, 3.05) is 0 Å². The van der Waals surface area contributed by atoms with Gasteiger partial charge in [0.15, 0.2) is 5.69 Å². The first-order valence-electron chi connectivity index (χ1n) is 4.77. The second-order valence-electron chi connectivity index (χ2n) is 3.58. The van der Waals surface area contributed by atoms with Gasteiger partial charge in [0.1, 0.15) is 5.76 Å². The van der Waals surface area contributed by atoms with Crippen LogP contribution in [-0.4, -0.2) is 16.1 Å². The summed E-state index contributed by atoms with van der Waals surface area (Å²) in [5.74, 6) is -0.334.